The fourth-order valence-electron chi connectivity index (χ4n) is 7.42. The first-order chi connectivity index (χ1) is 17.4. The van der Waals surface area contributed by atoms with Gasteiger partial charge in [-0.2, -0.15) is 0 Å². The van der Waals surface area contributed by atoms with Crippen LogP contribution in [0.25, 0.3) is 43.4 Å². The largest absolute Gasteiger partial charge is 0.0676 e. The van der Waals surface area contributed by atoms with Crippen LogP contribution >= 0.6 is 7.92 Å². The molecule has 1 heteroatoms. The highest BCUT2D eigenvalue weighted by Crippen LogP contribution is 2.59. The van der Waals surface area contributed by atoms with Crippen molar-refractivity contribution in [3.8, 4) is 11.1 Å². The van der Waals surface area contributed by atoms with Crippen molar-refractivity contribution in [3.05, 3.63) is 78.9 Å². The van der Waals surface area contributed by atoms with Crippen LogP contribution in [-0.4, -0.2) is 11.3 Å². The summed E-state index contributed by atoms with van der Waals surface area (Å²) < 4.78 is 0. The predicted octanol–water partition coefficient (Wildman–Crippen LogP) is 10.0. The molecule has 8 rings (SSSR count). The van der Waals surface area contributed by atoms with Gasteiger partial charge in [0.1, 0.15) is 0 Å². The highest BCUT2D eigenvalue weighted by Gasteiger charge is 2.37. The fraction of sp³-hybridized carbons (Fsp3) is 0.353. The Labute approximate surface area is 210 Å². The minimum absolute atomic E-state index is 0.220. The highest BCUT2D eigenvalue weighted by atomic mass is 31.1. The normalized spacial score (nSPS) is 18.3. The van der Waals surface area contributed by atoms with E-state index in [4.69, 9.17) is 0 Å². The van der Waals surface area contributed by atoms with Crippen LogP contribution in [0.2, 0.25) is 0 Å². The number of benzene rings is 6. The lowest BCUT2D eigenvalue weighted by Crippen LogP contribution is -2.28. The van der Waals surface area contributed by atoms with Gasteiger partial charge in [-0.1, -0.05) is 125 Å². The average molecular weight is 475 g/mol. The molecule has 0 heterocycles. The molecule has 0 radical (unpaired) electrons. The zero-order valence-electron chi connectivity index (χ0n) is 20.7. The quantitative estimate of drug-likeness (QED) is 0.180. The van der Waals surface area contributed by atoms with E-state index in [1.165, 1.54) is 96.7 Å². The topological polar surface area (TPSA) is 0 Å². The Bertz CT molecular complexity index is 1380. The molecule has 0 unspecified atom stereocenters. The van der Waals surface area contributed by atoms with E-state index >= 15 is 0 Å². The van der Waals surface area contributed by atoms with Crippen molar-refractivity contribution in [2.24, 2.45) is 0 Å². The molecule has 2 fully saturated rings. The van der Waals surface area contributed by atoms with Crippen molar-refractivity contribution in [1.29, 1.82) is 0 Å². The Hall–Kier alpha value is -2.43. The van der Waals surface area contributed by atoms with Crippen molar-refractivity contribution in [1.82, 2.24) is 0 Å². The van der Waals surface area contributed by atoms with Gasteiger partial charge in [0.25, 0.3) is 0 Å². The van der Waals surface area contributed by atoms with Gasteiger partial charge in [0, 0.05) is 0 Å². The summed E-state index contributed by atoms with van der Waals surface area (Å²) in [5, 5.41) is 10.8. The maximum Gasteiger partial charge on any atom is -0.00137 e. The minimum Gasteiger partial charge on any atom is -0.0676 e. The summed E-state index contributed by atoms with van der Waals surface area (Å²) >= 11 is 0. The first-order valence-electron chi connectivity index (χ1n) is 13.9. The summed E-state index contributed by atoms with van der Waals surface area (Å²) in [5.74, 6) is 0. The van der Waals surface area contributed by atoms with Crippen molar-refractivity contribution in [3.63, 3.8) is 0 Å². The van der Waals surface area contributed by atoms with Gasteiger partial charge in [-0.3, -0.25) is 0 Å². The van der Waals surface area contributed by atoms with Gasteiger partial charge in [-0.25, -0.2) is 0 Å². The molecule has 0 nitrogen and oxygen atoms in total. The number of rotatable bonds is 4. The van der Waals surface area contributed by atoms with Crippen LogP contribution in [0.1, 0.15) is 64.2 Å². The summed E-state index contributed by atoms with van der Waals surface area (Å²) in [6, 6.07) is 30.0. The lowest BCUT2D eigenvalue weighted by atomic mass is 9.85. The summed E-state index contributed by atoms with van der Waals surface area (Å²) in [4.78, 5) is 0. The molecule has 2 aliphatic rings. The number of hydrogen-bond donors (Lipinski definition) is 0. The van der Waals surface area contributed by atoms with E-state index in [0.29, 0.717) is 0 Å². The predicted molar refractivity (Wildman–Crippen MR) is 156 cm³/mol. The van der Waals surface area contributed by atoms with Gasteiger partial charge in [-0.05, 0) is 85.8 Å². The Kier molecular flexibility index (Phi) is 5.75. The van der Waals surface area contributed by atoms with Crippen molar-refractivity contribution >= 4 is 45.5 Å². The Morgan fingerprint density at radius 1 is 0.457 bits per heavy atom. The molecule has 0 amide bonds. The SMILES string of the molecule is c1ccc(-c2c(P(C3CCCCC3)C3CCCCC3)c3c4ccccc4c2c2ccccc23)cc1. The molecule has 176 valence electrons. The van der Waals surface area contributed by atoms with E-state index in [1.807, 2.05) is 0 Å². The van der Waals surface area contributed by atoms with Crippen LogP contribution in [0.15, 0.2) is 78.9 Å². The molecular weight excluding hydrogens is 439 g/mol. The average Bonchev–Trinajstić information content (AvgIpc) is 2.95. The van der Waals surface area contributed by atoms with Gasteiger partial charge < -0.3 is 0 Å². The van der Waals surface area contributed by atoms with Crippen LogP contribution in [0.4, 0.5) is 0 Å². The fourth-order valence-corrected chi connectivity index (χ4v) is 11.6. The van der Waals surface area contributed by atoms with E-state index in [2.05, 4.69) is 78.9 Å². The second-order valence-corrected chi connectivity index (χ2v) is 13.6. The van der Waals surface area contributed by atoms with Crippen LogP contribution < -0.4 is 5.30 Å². The van der Waals surface area contributed by atoms with Gasteiger partial charge in [0.05, 0.1) is 0 Å². The molecule has 0 N–H and O–H groups in total. The standard InChI is InChI=1S/C34H35P/c1-4-14-24(15-5-1)31-32-27-20-10-12-22-29(27)33(30-23-13-11-21-28(30)32)34(31)35(25-16-6-2-7-17-25)26-18-8-3-9-19-26/h1,4-5,10-15,20-23,25-26H,2-3,6-9,16-19H2. The molecular formula is C34H35P. The van der Waals surface area contributed by atoms with Gasteiger partial charge in [0.15, 0.2) is 0 Å². The maximum absolute atomic E-state index is 2.41. The van der Waals surface area contributed by atoms with Crippen molar-refractivity contribution in [2.45, 2.75) is 75.5 Å². The van der Waals surface area contributed by atoms with Crippen molar-refractivity contribution in [2.75, 3.05) is 0 Å². The Morgan fingerprint density at radius 2 is 0.886 bits per heavy atom. The Morgan fingerprint density at radius 3 is 1.37 bits per heavy atom. The summed E-state index contributed by atoms with van der Waals surface area (Å²) in [6.45, 7) is 0. The molecule has 6 aromatic rings. The first-order valence-corrected chi connectivity index (χ1v) is 15.4. The van der Waals surface area contributed by atoms with Crippen LogP contribution in [0.3, 0.4) is 0 Å². The van der Waals surface area contributed by atoms with Gasteiger partial charge in [0.2, 0.25) is 0 Å². The van der Waals surface area contributed by atoms with E-state index < -0.39 is 0 Å². The lowest BCUT2D eigenvalue weighted by Gasteiger charge is -2.41. The summed E-state index contributed by atoms with van der Waals surface area (Å²) in [7, 11) is -0.220. The molecule has 0 aromatic heterocycles. The molecule has 35 heavy (non-hydrogen) atoms. The molecule has 0 saturated heterocycles. The smallest absolute Gasteiger partial charge is 0.00137 e. The Balaban J connectivity index is 1.63. The molecule has 2 bridgehead atoms. The molecule has 0 aliphatic heterocycles. The molecule has 0 spiro atoms. The highest BCUT2D eigenvalue weighted by molar-refractivity contribution is 7.68. The van der Waals surface area contributed by atoms with Crippen LogP contribution in [0, 0.1) is 0 Å². The molecule has 2 aliphatic carbocycles. The van der Waals surface area contributed by atoms with Crippen LogP contribution in [-0.2, 0) is 0 Å². The van der Waals surface area contributed by atoms with E-state index in [0.717, 1.165) is 11.3 Å². The molecule has 0 atom stereocenters. The zero-order chi connectivity index (χ0) is 23.2. The minimum atomic E-state index is -0.220. The lowest BCUT2D eigenvalue weighted by molar-refractivity contribution is 0.487. The van der Waals surface area contributed by atoms with E-state index in [-0.39, 0.29) is 7.92 Å². The van der Waals surface area contributed by atoms with E-state index in [9.17, 15) is 0 Å². The summed E-state index contributed by atoms with van der Waals surface area (Å²) in [5.41, 5.74) is 4.79. The van der Waals surface area contributed by atoms with E-state index in [1.54, 1.807) is 16.3 Å². The number of hydrogen-bond acceptors (Lipinski definition) is 0. The second kappa shape index (κ2) is 9.22. The molecule has 2 saturated carbocycles. The monoisotopic (exact) mass is 474 g/mol. The third-order valence-electron chi connectivity index (χ3n) is 8.91. The van der Waals surface area contributed by atoms with Crippen LogP contribution in [0.5, 0.6) is 0 Å². The third kappa shape index (κ3) is 3.60. The first kappa shape index (κ1) is 21.8. The number of fused-ring (bicyclic) bond motifs is 1. The molecule has 6 aromatic carbocycles. The van der Waals surface area contributed by atoms with Gasteiger partial charge in [-0.15, -0.1) is 0 Å². The zero-order valence-corrected chi connectivity index (χ0v) is 21.6. The van der Waals surface area contributed by atoms with Crippen molar-refractivity contribution < 1.29 is 0 Å². The second-order valence-electron chi connectivity index (χ2n) is 10.9. The van der Waals surface area contributed by atoms with Gasteiger partial charge >= 0.3 is 0 Å². The summed E-state index contributed by atoms with van der Waals surface area (Å²) in [6.07, 6.45) is 14.4. The maximum atomic E-state index is 2.41. The third-order valence-corrected chi connectivity index (χ3v) is 12.5.